The van der Waals surface area contributed by atoms with Gasteiger partial charge in [0.05, 0.1) is 5.69 Å². The zero-order chi connectivity index (χ0) is 15.2. The highest BCUT2D eigenvalue weighted by molar-refractivity contribution is 7.14. The SMILES string of the molecule is CCCNC(C)c1csc(NC(=O)c2cccc(C)n2)n1. The van der Waals surface area contributed by atoms with E-state index < -0.39 is 0 Å². The zero-order valence-corrected chi connectivity index (χ0v) is 13.3. The van der Waals surface area contributed by atoms with Gasteiger partial charge in [0.25, 0.3) is 5.91 Å². The van der Waals surface area contributed by atoms with Crippen LogP contribution in [0.2, 0.25) is 0 Å². The van der Waals surface area contributed by atoms with Crippen LogP contribution in [0.5, 0.6) is 0 Å². The number of thiazole rings is 1. The van der Waals surface area contributed by atoms with Crippen molar-refractivity contribution in [3.05, 3.63) is 40.7 Å². The van der Waals surface area contributed by atoms with Crippen molar-refractivity contribution in [1.29, 1.82) is 0 Å². The van der Waals surface area contributed by atoms with Gasteiger partial charge in [0.15, 0.2) is 5.13 Å². The molecule has 2 aromatic rings. The van der Waals surface area contributed by atoms with Crippen LogP contribution in [0.3, 0.4) is 0 Å². The topological polar surface area (TPSA) is 66.9 Å². The van der Waals surface area contributed by atoms with E-state index >= 15 is 0 Å². The molecule has 2 rings (SSSR count). The maximum absolute atomic E-state index is 12.1. The smallest absolute Gasteiger partial charge is 0.276 e. The summed E-state index contributed by atoms with van der Waals surface area (Å²) >= 11 is 1.43. The summed E-state index contributed by atoms with van der Waals surface area (Å²) < 4.78 is 0. The number of anilines is 1. The molecule has 2 N–H and O–H groups in total. The van der Waals surface area contributed by atoms with E-state index in [2.05, 4.69) is 34.4 Å². The Labute approximate surface area is 128 Å². The van der Waals surface area contributed by atoms with E-state index in [4.69, 9.17) is 0 Å². The second-order valence-electron chi connectivity index (χ2n) is 4.87. The molecule has 0 spiro atoms. The Morgan fingerprint density at radius 2 is 2.19 bits per heavy atom. The number of rotatable bonds is 6. The van der Waals surface area contributed by atoms with Crippen LogP contribution in [0, 0.1) is 6.92 Å². The van der Waals surface area contributed by atoms with E-state index in [0.29, 0.717) is 10.8 Å². The molecule has 0 fully saturated rings. The van der Waals surface area contributed by atoms with Crippen molar-refractivity contribution in [3.63, 3.8) is 0 Å². The van der Waals surface area contributed by atoms with Crippen LogP contribution in [-0.4, -0.2) is 22.4 Å². The van der Waals surface area contributed by atoms with Crippen LogP contribution in [0.15, 0.2) is 23.6 Å². The lowest BCUT2D eigenvalue weighted by Gasteiger charge is -2.09. The molecule has 2 heterocycles. The number of nitrogens with zero attached hydrogens (tertiary/aromatic N) is 2. The summed E-state index contributed by atoms with van der Waals surface area (Å²) in [5, 5.41) is 8.73. The van der Waals surface area contributed by atoms with Crippen LogP contribution in [0.4, 0.5) is 5.13 Å². The van der Waals surface area contributed by atoms with E-state index in [-0.39, 0.29) is 11.9 Å². The van der Waals surface area contributed by atoms with Crippen molar-refractivity contribution in [2.24, 2.45) is 0 Å². The molecule has 1 unspecified atom stereocenters. The lowest BCUT2D eigenvalue weighted by Crippen LogP contribution is -2.19. The van der Waals surface area contributed by atoms with Crippen molar-refractivity contribution in [2.75, 3.05) is 11.9 Å². The first-order valence-corrected chi connectivity index (χ1v) is 7.92. The van der Waals surface area contributed by atoms with Crippen molar-refractivity contribution >= 4 is 22.4 Å². The predicted molar refractivity (Wildman–Crippen MR) is 85.7 cm³/mol. The summed E-state index contributed by atoms with van der Waals surface area (Å²) in [6, 6.07) is 5.56. The molecule has 1 amide bonds. The standard InChI is InChI=1S/C15H20N4OS/c1-4-8-16-11(3)13-9-21-15(18-13)19-14(20)12-7-5-6-10(2)17-12/h5-7,9,11,16H,4,8H2,1-3H3,(H,18,19,20). The van der Waals surface area contributed by atoms with Gasteiger partial charge in [0, 0.05) is 17.1 Å². The van der Waals surface area contributed by atoms with Gasteiger partial charge >= 0.3 is 0 Å². The van der Waals surface area contributed by atoms with Crippen molar-refractivity contribution in [1.82, 2.24) is 15.3 Å². The van der Waals surface area contributed by atoms with Gasteiger partial charge in [-0.25, -0.2) is 9.97 Å². The third-order valence-electron chi connectivity index (χ3n) is 3.01. The van der Waals surface area contributed by atoms with E-state index in [1.165, 1.54) is 11.3 Å². The Hall–Kier alpha value is -1.79. The Balaban J connectivity index is 2.00. The molecular formula is C15H20N4OS. The highest BCUT2D eigenvalue weighted by atomic mass is 32.1. The molecular weight excluding hydrogens is 284 g/mol. The molecule has 2 aromatic heterocycles. The minimum absolute atomic E-state index is 0.184. The van der Waals surface area contributed by atoms with E-state index in [1.54, 1.807) is 6.07 Å². The van der Waals surface area contributed by atoms with Gasteiger partial charge in [0.1, 0.15) is 5.69 Å². The fourth-order valence-electron chi connectivity index (χ4n) is 1.84. The lowest BCUT2D eigenvalue weighted by molar-refractivity contribution is 0.102. The first-order chi connectivity index (χ1) is 10.1. The van der Waals surface area contributed by atoms with Gasteiger partial charge in [0.2, 0.25) is 0 Å². The number of hydrogen-bond acceptors (Lipinski definition) is 5. The molecule has 0 aliphatic rings. The molecule has 112 valence electrons. The first kappa shape index (κ1) is 15.6. The fraction of sp³-hybridized carbons (Fsp3) is 0.400. The van der Waals surface area contributed by atoms with Crippen LogP contribution < -0.4 is 10.6 Å². The monoisotopic (exact) mass is 304 g/mol. The van der Waals surface area contributed by atoms with E-state index in [9.17, 15) is 4.79 Å². The number of carbonyl (C=O) groups is 1. The molecule has 1 atom stereocenters. The molecule has 21 heavy (non-hydrogen) atoms. The van der Waals surface area contributed by atoms with Crippen LogP contribution in [0.25, 0.3) is 0 Å². The molecule has 0 aromatic carbocycles. The summed E-state index contributed by atoms with van der Waals surface area (Å²) in [6.45, 7) is 7.01. The fourth-order valence-corrected chi connectivity index (χ4v) is 2.64. The summed E-state index contributed by atoms with van der Waals surface area (Å²) in [7, 11) is 0. The van der Waals surface area contributed by atoms with Crippen molar-refractivity contribution in [2.45, 2.75) is 33.2 Å². The van der Waals surface area contributed by atoms with E-state index in [0.717, 1.165) is 24.4 Å². The van der Waals surface area contributed by atoms with Gasteiger partial charge < -0.3 is 5.32 Å². The van der Waals surface area contributed by atoms with Gasteiger partial charge in [-0.15, -0.1) is 11.3 Å². The quantitative estimate of drug-likeness (QED) is 0.860. The summed E-state index contributed by atoms with van der Waals surface area (Å²) in [5.41, 5.74) is 2.17. The molecule has 0 radical (unpaired) electrons. The second kappa shape index (κ2) is 7.28. The van der Waals surface area contributed by atoms with Gasteiger partial charge in [-0.2, -0.15) is 0 Å². The van der Waals surface area contributed by atoms with Gasteiger partial charge in [-0.3, -0.25) is 10.1 Å². The average molecular weight is 304 g/mol. The Morgan fingerprint density at radius 3 is 2.90 bits per heavy atom. The molecule has 0 aliphatic heterocycles. The van der Waals surface area contributed by atoms with Crippen molar-refractivity contribution in [3.8, 4) is 0 Å². The Bertz CT molecular complexity index is 611. The van der Waals surface area contributed by atoms with Crippen LogP contribution >= 0.6 is 11.3 Å². The number of amides is 1. The minimum atomic E-state index is -0.228. The number of carbonyl (C=O) groups excluding carboxylic acids is 1. The molecule has 0 saturated carbocycles. The molecule has 0 saturated heterocycles. The molecule has 6 heteroatoms. The zero-order valence-electron chi connectivity index (χ0n) is 12.5. The normalized spacial score (nSPS) is 12.1. The van der Waals surface area contributed by atoms with Gasteiger partial charge in [-0.1, -0.05) is 13.0 Å². The minimum Gasteiger partial charge on any atom is -0.309 e. The summed E-state index contributed by atoms with van der Waals surface area (Å²) in [4.78, 5) is 20.7. The maximum Gasteiger partial charge on any atom is 0.276 e. The third kappa shape index (κ3) is 4.34. The highest BCUT2D eigenvalue weighted by Crippen LogP contribution is 2.21. The maximum atomic E-state index is 12.1. The van der Waals surface area contributed by atoms with E-state index in [1.807, 2.05) is 24.4 Å². The highest BCUT2D eigenvalue weighted by Gasteiger charge is 2.13. The lowest BCUT2D eigenvalue weighted by atomic mass is 10.2. The first-order valence-electron chi connectivity index (χ1n) is 7.04. The number of aryl methyl sites for hydroxylation is 1. The average Bonchev–Trinajstić information content (AvgIpc) is 2.93. The summed E-state index contributed by atoms with van der Waals surface area (Å²) in [6.07, 6.45) is 1.08. The van der Waals surface area contributed by atoms with Gasteiger partial charge in [-0.05, 0) is 38.9 Å². The number of nitrogens with one attached hydrogen (secondary N) is 2. The van der Waals surface area contributed by atoms with Crippen LogP contribution in [0.1, 0.15) is 48.2 Å². The number of aromatic nitrogens is 2. The molecule has 0 aliphatic carbocycles. The second-order valence-corrected chi connectivity index (χ2v) is 5.73. The number of pyridine rings is 1. The summed E-state index contributed by atoms with van der Waals surface area (Å²) in [5.74, 6) is -0.228. The molecule has 5 nitrogen and oxygen atoms in total. The predicted octanol–water partition coefficient (Wildman–Crippen LogP) is 3.16. The largest absolute Gasteiger partial charge is 0.309 e. The number of hydrogen-bond donors (Lipinski definition) is 2. The Kier molecular flexibility index (Phi) is 5.41. The van der Waals surface area contributed by atoms with Crippen molar-refractivity contribution < 1.29 is 4.79 Å². The Morgan fingerprint density at radius 1 is 1.38 bits per heavy atom. The third-order valence-corrected chi connectivity index (χ3v) is 3.78. The van der Waals surface area contributed by atoms with Crippen LogP contribution in [-0.2, 0) is 0 Å². The molecule has 0 bridgehead atoms.